The average molecular weight is 474 g/mol. The highest BCUT2D eigenvalue weighted by molar-refractivity contribution is 9.10. The van der Waals surface area contributed by atoms with E-state index in [0.717, 1.165) is 20.4 Å². The maximum absolute atomic E-state index is 12.4. The summed E-state index contributed by atoms with van der Waals surface area (Å²) in [7, 11) is 1.60. The zero-order valence-electron chi connectivity index (χ0n) is 15.4. The van der Waals surface area contributed by atoms with Gasteiger partial charge in [0.2, 0.25) is 5.91 Å². The number of halogens is 1. The predicted molar refractivity (Wildman–Crippen MR) is 114 cm³/mol. The van der Waals surface area contributed by atoms with Gasteiger partial charge >= 0.3 is 0 Å². The Morgan fingerprint density at radius 3 is 2.76 bits per heavy atom. The second kappa shape index (κ2) is 7.92. The molecular weight excluding hydrogens is 458 g/mol. The Bertz CT molecular complexity index is 1140. The molecule has 1 aliphatic heterocycles. The van der Waals surface area contributed by atoms with E-state index in [1.165, 1.54) is 16.2 Å². The number of carbonyl (C=O) groups is 3. The van der Waals surface area contributed by atoms with Gasteiger partial charge in [-0.3, -0.25) is 19.3 Å². The summed E-state index contributed by atoms with van der Waals surface area (Å²) in [5.41, 5.74) is 1.56. The summed E-state index contributed by atoms with van der Waals surface area (Å²) < 4.78 is 6.85. The smallest absolute Gasteiger partial charge is 0.261 e. The van der Waals surface area contributed by atoms with Crippen LogP contribution in [0.4, 0.5) is 5.13 Å². The quantitative estimate of drug-likeness (QED) is 0.544. The first-order chi connectivity index (χ1) is 14.0. The lowest BCUT2D eigenvalue weighted by atomic mass is 10.1. The number of fused-ring (bicyclic) bond motifs is 2. The van der Waals surface area contributed by atoms with Crippen LogP contribution in [0.25, 0.3) is 10.2 Å². The number of amides is 3. The van der Waals surface area contributed by atoms with Gasteiger partial charge in [0, 0.05) is 17.4 Å². The Kier molecular flexibility index (Phi) is 5.33. The van der Waals surface area contributed by atoms with Crippen molar-refractivity contribution in [2.75, 3.05) is 19.0 Å². The van der Waals surface area contributed by atoms with Gasteiger partial charge in [-0.25, -0.2) is 4.98 Å². The molecule has 148 valence electrons. The minimum atomic E-state index is -0.327. The van der Waals surface area contributed by atoms with Crippen LogP contribution in [0.15, 0.2) is 40.9 Å². The summed E-state index contributed by atoms with van der Waals surface area (Å²) in [6, 6.07) is 10.5. The maximum Gasteiger partial charge on any atom is 0.261 e. The van der Waals surface area contributed by atoms with Gasteiger partial charge in [-0.1, -0.05) is 27.3 Å². The van der Waals surface area contributed by atoms with E-state index in [2.05, 4.69) is 26.2 Å². The highest BCUT2D eigenvalue weighted by Crippen LogP contribution is 2.29. The number of thiazole rings is 1. The fraction of sp³-hybridized carbons (Fsp3) is 0.200. The number of benzene rings is 2. The molecule has 7 nitrogen and oxygen atoms in total. The summed E-state index contributed by atoms with van der Waals surface area (Å²) in [5.74, 6) is -0.132. The molecule has 0 saturated heterocycles. The van der Waals surface area contributed by atoms with E-state index in [9.17, 15) is 14.4 Å². The Balaban J connectivity index is 1.34. The van der Waals surface area contributed by atoms with Crippen molar-refractivity contribution < 1.29 is 19.1 Å². The third-order valence-electron chi connectivity index (χ3n) is 4.56. The number of rotatable bonds is 6. The molecule has 4 rings (SSSR count). The van der Waals surface area contributed by atoms with E-state index in [-0.39, 0.29) is 30.7 Å². The first-order valence-electron chi connectivity index (χ1n) is 8.86. The molecule has 1 N–H and O–H groups in total. The Hall–Kier alpha value is -2.78. The molecule has 0 radical (unpaired) electrons. The van der Waals surface area contributed by atoms with E-state index < -0.39 is 0 Å². The van der Waals surface area contributed by atoms with E-state index in [1.807, 2.05) is 18.2 Å². The van der Waals surface area contributed by atoms with Crippen molar-refractivity contribution >= 4 is 60.3 Å². The second-order valence-corrected chi connectivity index (χ2v) is 8.40. The van der Waals surface area contributed by atoms with E-state index in [4.69, 9.17) is 4.74 Å². The normalized spacial score (nSPS) is 13.1. The van der Waals surface area contributed by atoms with Crippen molar-refractivity contribution in [1.82, 2.24) is 9.88 Å². The highest BCUT2D eigenvalue weighted by Gasteiger charge is 2.35. The molecular formula is C20H16BrN3O4S. The molecule has 3 aromatic rings. The van der Waals surface area contributed by atoms with Gasteiger partial charge in [-0.05, 0) is 42.8 Å². The summed E-state index contributed by atoms with van der Waals surface area (Å²) in [4.78, 5) is 42.7. The largest absolute Gasteiger partial charge is 0.497 e. The number of hydrogen-bond donors (Lipinski definition) is 1. The van der Waals surface area contributed by atoms with Crippen LogP contribution in [0.2, 0.25) is 0 Å². The summed E-state index contributed by atoms with van der Waals surface area (Å²) in [5, 5.41) is 3.28. The summed E-state index contributed by atoms with van der Waals surface area (Å²) in [6.45, 7) is 0.189. The Morgan fingerprint density at radius 2 is 1.97 bits per heavy atom. The number of imide groups is 1. The van der Waals surface area contributed by atoms with Gasteiger partial charge in [0.05, 0.1) is 28.5 Å². The van der Waals surface area contributed by atoms with Crippen LogP contribution in [-0.4, -0.2) is 41.3 Å². The number of nitrogens with zero attached hydrogens (tertiary/aromatic N) is 2. The van der Waals surface area contributed by atoms with Crippen LogP contribution >= 0.6 is 27.3 Å². The molecule has 29 heavy (non-hydrogen) atoms. The Labute approximate surface area is 178 Å². The number of nitrogens with one attached hydrogen (secondary N) is 1. The standard InChI is InChI=1S/C20H16BrN3O4S/c1-28-12-5-7-15-16(10-12)29-20(22-15)23-17(25)3-2-8-24-18(26)13-6-4-11(21)9-14(13)19(24)27/h4-7,9-10H,2-3,8H2,1H3,(H,22,23,25). The van der Waals surface area contributed by atoms with E-state index >= 15 is 0 Å². The zero-order valence-corrected chi connectivity index (χ0v) is 17.8. The van der Waals surface area contributed by atoms with E-state index in [1.54, 1.807) is 25.3 Å². The lowest BCUT2D eigenvalue weighted by molar-refractivity contribution is -0.116. The molecule has 9 heteroatoms. The SMILES string of the molecule is COc1ccc2nc(NC(=O)CCCN3C(=O)c4ccc(Br)cc4C3=O)sc2c1. The third-order valence-corrected chi connectivity index (χ3v) is 5.99. The minimum absolute atomic E-state index is 0.177. The van der Waals surface area contributed by atoms with Crippen molar-refractivity contribution in [3.63, 3.8) is 0 Å². The number of aromatic nitrogens is 1. The van der Waals surface area contributed by atoms with Gasteiger partial charge in [0.25, 0.3) is 11.8 Å². The summed E-state index contributed by atoms with van der Waals surface area (Å²) in [6.07, 6.45) is 0.549. The van der Waals surface area contributed by atoms with Gasteiger partial charge in [-0.15, -0.1) is 0 Å². The van der Waals surface area contributed by atoms with Crippen LogP contribution in [0.1, 0.15) is 33.6 Å². The third kappa shape index (κ3) is 3.88. The van der Waals surface area contributed by atoms with Crippen molar-refractivity contribution in [3.05, 3.63) is 52.0 Å². The highest BCUT2D eigenvalue weighted by atomic mass is 79.9. The first-order valence-corrected chi connectivity index (χ1v) is 10.5. The number of anilines is 1. The van der Waals surface area contributed by atoms with Crippen molar-refractivity contribution in [3.8, 4) is 5.75 Å². The number of carbonyl (C=O) groups excluding carboxylic acids is 3. The zero-order chi connectivity index (χ0) is 20.5. The fourth-order valence-electron chi connectivity index (χ4n) is 3.13. The molecule has 2 aromatic carbocycles. The Morgan fingerprint density at radius 1 is 1.17 bits per heavy atom. The predicted octanol–water partition coefficient (Wildman–Crippen LogP) is 4.08. The second-order valence-electron chi connectivity index (χ2n) is 6.46. The first kappa shape index (κ1) is 19.5. The molecule has 2 heterocycles. The number of ether oxygens (including phenoxy) is 1. The minimum Gasteiger partial charge on any atom is -0.497 e. The molecule has 0 aliphatic carbocycles. The van der Waals surface area contributed by atoms with Crippen molar-refractivity contribution in [2.24, 2.45) is 0 Å². The van der Waals surface area contributed by atoms with Crippen LogP contribution < -0.4 is 10.1 Å². The molecule has 0 saturated carbocycles. The summed E-state index contributed by atoms with van der Waals surface area (Å²) >= 11 is 4.67. The molecule has 3 amide bonds. The van der Waals surface area contributed by atoms with E-state index in [0.29, 0.717) is 22.7 Å². The molecule has 0 unspecified atom stereocenters. The number of hydrogen-bond acceptors (Lipinski definition) is 6. The van der Waals surface area contributed by atoms with Crippen LogP contribution in [0.5, 0.6) is 5.75 Å². The van der Waals surface area contributed by atoms with Gasteiger partial charge in [-0.2, -0.15) is 0 Å². The van der Waals surface area contributed by atoms with Gasteiger partial charge in [0.15, 0.2) is 5.13 Å². The van der Waals surface area contributed by atoms with Crippen LogP contribution in [0.3, 0.4) is 0 Å². The monoisotopic (exact) mass is 473 g/mol. The van der Waals surface area contributed by atoms with Crippen molar-refractivity contribution in [2.45, 2.75) is 12.8 Å². The maximum atomic E-state index is 12.4. The van der Waals surface area contributed by atoms with Gasteiger partial charge in [0.1, 0.15) is 5.75 Å². The molecule has 0 bridgehead atoms. The van der Waals surface area contributed by atoms with Gasteiger partial charge < -0.3 is 10.1 Å². The van der Waals surface area contributed by atoms with Crippen molar-refractivity contribution in [1.29, 1.82) is 0 Å². The number of methoxy groups -OCH3 is 1. The molecule has 1 aliphatic rings. The lowest BCUT2D eigenvalue weighted by Crippen LogP contribution is -2.31. The van der Waals surface area contributed by atoms with Crippen LogP contribution in [0, 0.1) is 0 Å². The lowest BCUT2D eigenvalue weighted by Gasteiger charge is -2.13. The van der Waals surface area contributed by atoms with Crippen LogP contribution in [-0.2, 0) is 4.79 Å². The molecule has 1 aromatic heterocycles. The average Bonchev–Trinajstić information content (AvgIpc) is 3.20. The molecule has 0 fully saturated rings. The topological polar surface area (TPSA) is 88.6 Å². The fourth-order valence-corrected chi connectivity index (χ4v) is 4.40. The molecule has 0 spiro atoms. The molecule has 0 atom stereocenters.